The summed E-state index contributed by atoms with van der Waals surface area (Å²) in [6, 6.07) is 3.96. The Bertz CT molecular complexity index is 579. The van der Waals surface area contributed by atoms with Crippen molar-refractivity contribution in [3.8, 4) is 0 Å². The van der Waals surface area contributed by atoms with Crippen molar-refractivity contribution >= 4 is 11.2 Å². The number of rotatable bonds is 2. The van der Waals surface area contributed by atoms with Gasteiger partial charge in [0.15, 0.2) is 5.65 Å². The summed E-state index contributed by atoms with van der Waals surface area (Å²) in [5, 5.41) is 0. The first kappa shape index (κ1) is 12.6. The van der Waals surface area contributed by atoms with Crippen LogP contribution in [0.3, 0.4) is 0 Å². The lowest BCUT2D eigenvalue weighted by Gasteiger charge is -2.35. The lowest BCUT2D eigenvalue weighted by molar-refractivity contribution is 0.232. The van der Waals surface area contributed by atoms with Gasteiger partial charge in [0.1, 0.15) is 11.3 Å². The van der Waals surface area contributed by atoms with Gasteiger partial charge in [0.25, 0.3) is 0 Å². The Balaban J connectivity index is 2.09. The molecule has 4 heteroatoms. The molecule has 1 aliphatic carbocycles. The lowest BCUT2D eigenvalue weighted by Crippen LogP contribution is -2.42. The van der Waals surface area contributed by atoms with Crippen LogP contribution in [0.25, 0.3) is 11.2 Å². The first-order valence-electron chi connectivity index (χ1n) is 7.24. The number of imidazole rings is 1. The fourth-order valence-corrected chi connectivity index (χ4v) is 3.14. The molecule has 0 atom stereocenters. The maximum absolute atomic E-state index is 6.67. The van der Waals surface area contributed by atoms with Crippen molar-refractivity contribution in [2.45, 2.75) is 51.6 Å². The van der Waals surface area contributed by atoms with Crippen LogP contribution in [-0.2, 0) is 12.1 Å². The molecule has 2 N–H and O–H groups in total. The van der Waals surface area contributed by atoms with Crippen LogP contribution in [0.2, 0.25) is 0 Å². The molecule has 2 heterocycles. The third kappa shape index (κ3) is 2.04. The van der Waals surface area contributed by atoms with E-state index in [-0.39, 0.29) is 5.54 Å². The standard InChI is InChI=1S/C15H22N4/c1-3-19-13-12(5-4-10-17-13)18-14(19)15(16)8-6-11(2)7-9-15/h4-5,10-11H,3,6-9,16H2,1-2H3. The fraction of sp³-hybridized carbons (Fsp3) is 0.600. The van der Waals surface area contributed by atoms with Gasteiger partial charge < -0.3 is 10.3 Å². The zero-order valence-corrected chi connectivity index (χ0v) is 11.8. The summed E-state index contributed by atoms with van der Waals surface area (Å²) in [7, 11) is 0. The van der Waals surface area contributed by atoms with E-state index in [4.69, 9.17) is 10.7 Å². The monoisotopic (exact) mass is 258 g/mol. The van der Waals surface area contributed by atoms with Crippen molar-refractivity contribution in [1.29, 1.82) is 0 Å². The molecule has 1 aliphatic rings. The molecule has 4 nitrogen and oxygen atoms in total. The smallest absolute Gasteiger partial charge is 0.160 e. The Morgan fingerprint density at radius 3 is 2.84 bits per heavy atom. The van der Waals surface area contributed by atoms with Gasteiger partial charge in [-0.1, -0.05) is 6.92 Å². The van der Waals surface area contributed by atoms with E-state index < -0.39 is 0 Å². The summed E-state index contributed by atoms with van der Waals surface area (Å²) in [5.74, 6) is 1.81. The summed E-state index contributed by atoms with van der Waals surface area (Å²) in [5.41, 5.74) is 8.32. The van der Waals surface area contributed by atoms with Crippen LogP contribution in [0.4, 0.5) is 0 Å². The highest BCUT2D eigenvalue weighted by Crippen LogP contribution is 2.37. The third-order valence-corrected chi connectivity index (χ3v) is 4.43. The average molecular weight is 258 g/mol. The summed E-state index contributed by atoms with van der Waals surface area (Å²) in [6.45, 7) is 5.31. The van der Waals surface area contributed by atoms with Gasteiger partial charge in [-0.15, -0.1) is 0 Å². The van der Waals surface area contributed by atoms with E-state index in [0.717, 1.165) is 42.3 Å². The van der Waals surface area contributed by atoms with Crippen molar-refractivity contribution in [3.63, 3.8) is 0 Å². The quantitative estimate of drug-likeness (QED) is 0.901. The van der Waals surface area contributed by atoms with Crippen molar-refractivity contribution < 1.29 is 0 Å². The molecule has 0 bridgehead atoms. The zero-order chi connectivity index (χ0) is 13.5. The molecule has 19 heavy (non-hydrogen) atoms. The molecule has 0 radical (unpaired) electrons. The second-order valence-corrected chi connectivity index (χ2v) is 5.86. The van der Waals surface area contributed by atoms with Gasteiger partial charge in [-0.25, -0.2) is 9.97 Å². The highest BCUT2D eigenvalue weighted by Gasteiger charge is 2.36. The maximum Gasteiger partial charge on any atom is 0.160 e. The van der Waals surface area contributed by atoms with Gasteiger partial charge in [-0.2, -0.15) is 0 Å². The predicted molar refractivity (Wildman–Crippen MR) is 76.7 cm³/mol. The minimum atomic E-state index is -0.275. The third-order valence-electron chi connectivity index (χ3n) is 4.43. The van der Waals surface area contributed by atoms with Gasteiger partial charge in [0.2, 0.25) is 0 Å². The summed E-state index contributed by atoms with van der Waals surface area (Å²) in [6.07, 6.45) is 6.26. The van der Waals surface area contributed by atoms with Crippen LogP contribution in [0.5, 0.6) is 0 Å². The Morgan fingerprint density at radius 2 is 2.16 bits per heavy atom. The maximum atomic E-state index is 6.67. The summed E-state index contributed by atoms with van der Waals surface area (Å²) in [4.78, 5) is 9.24. The lowest BCUT2D eigenvalue weighted by atomic mass is 9.77. The topological polar surface area (TPSA) is 56.7 Å². The molecule has 2 aromatic rings. The van der Waals surface area contributed by atoms with E-state index in [2.05, 4.69) is 23.4 Å². The first-order chi connectivity index (χ1) is 9.14. The molecule has 0 amide bonds. The molecule has 3 rings (SSSR count). The molecule has 0 unspecified atom stereocenters. The number of aryl methyl sites for hydroxylation is 1. The first-order valence-corrected chi connectivity index (χ1v) is 7.24. The van der Waals surface area contributed by atoms with Gasteiger partial charge in [-0.05, 0) is 50.7 Å². The van der Waals surface area contributed by atoms with Gasteiger partial charge in [-0.3, -0.25) is 0 Å². The normalized spacial score (nSPS) is 27.8. The SMILES string of the molecule is CCn1c(C2(N)CCC(C)CC2)nc2cccnc21. The number of hydrogen-bond acceptors (Lipinski definition) is 3. The van der Waals surface area contributed by atoms with Crippen LogP contribution >= 0.6 is 0 Å². The predicted octanol–water partition coefficient (Wildman–Crippen LogP) is 2.82. The van der Waals surface area contributed by atoms with E-state index >= 15 is 0 Å². The van der Waals surface area contributed by atoms with E-state index in [1.165, 1.54) is 12.8 Å². The van der Waals surface area contributed by atoms with E-state index in [1.807, 2.05) is 18.3 Å². The molecule has 0 spiro atoms. The number of fused-ring (bicyclic) bond motifs is 1. The second kappa shape index (κ2) is 4.60. The Morgan fingerprint density at radius 1 is 1.42 bits per heavy atom. The Labute approximate surface area is 114 Å². The summed E-state index contributed by atoms with van der Waals surface area (Å²) >= 11 is 0. The Kier molecular flexibility index (Phi) is 3.05. The number of nitrogens with two attached hydrogens (primary N) is 1. The van der Waals surface area contributed by atoms with Gasteiger partial charge in [0.05, 0.1) is 5.54 Å². The molecule has 0 aromatic carbocycles. The minimum Gasteiger partial charge on any atom is -0.319 e. The molecular weight excluding hydrogens is 236 g/mol. The van der Waals surface area contributed by atoms with E-state index in [1.54, 1.807) is 0 Å². The number of aromatic nitrogens is 3. The number of pyridine rings is 1. The van der Waals surface area contributed by atoms with Crippen LogP contribution in [0, 0.1) is 5.92 Å². The number of hydrogen-bond donors (Lipinski definition) is 1. The molecular formula is C15H22N4. The largest absolute Gasteiger partial charge is 0.319 e. The van der Waals surface area contributed by atoms with Crippen molar-refractivity contribution in [1.82, 2.24) is 14.5 Å². The van der Waals surface area contributed by atoms with Crippen molar-refractivity contribution in [2.24, 2.45) is 11.7 Å². The molecule has 0 saturated heterocycles. The highest BCUT2D eigenvalue weighted by molar-refractivity contribution is 5.71. The van der Waals surface area contributed by atoms with E-state index in [0.29, 0.717) is 0 Å². The molecule has 1 saturated carbocycles. The Hall–Kier alpha value is -1.42. The zero-order valence-electron chi connectivity index (χ0n) is 11.8. The number of nitrogens with zero attached hydrogens (tertiary/aromatic N) is 3. The molecule has 2 aromatic heterocycles. The van der Waals surface area contributed by atoms with Gasteiger partial charge in [0, 0.05) is 12.7 Å². The highest BCUT2D eigenvalue weighted by atomic mass is 15.2. The second-order valence-electron chi connectivity index (χ2n) is 5.86. The summed E-state index contributed by atoms with van der Waals surface area (Å²) < 4.78 is 2.19. The van der Waals surface area contributed by atoms with Crippen LogP contribution in [0.1, 0.15) is 45.4 Å². The van der Waals surface area contributed by atoms with Crippen molar-refractivity contribution in [3.05, 3.63) is 24.2 Å². The molecule has 0 aliphatic heterocycles. The molecule has 102 valence electrons. The average Bonchev–Trinajstić information content (AvgIpc) is 2.81. The van der Waals surface area contributed by atoms with Gasteiger partial charge >= 0.3 is 0 Å². The van der Waals surface area contributed by atoms with Crippen molar-refractivity contribution in [2.75, 3.05) is 0 Å². The minimum absolute atomic E-state index is 0.275. The molecule has 1 fully saturated rings. The van der Waals surface area contributed by atoms with Crippen LogP contribution in [0.15, 0.2) is 18.3 Å². The fourth-order valence-electron chi connectivity index (χ4n) is 3.14. The van der Waals surface area contributed by atoms with Crippen LogP contribution < -0.4 is 5.73 Å². The van der Waals surface area contributed by atoms with Crippen LogP contribution in [-0.4, -0.2) is 14.5 Å². The van der Waals surface area contributed by atoms with E-state index in [9.17, 15) is 0 Å².